The highest BCUT2D eigenvalue weighted by atomic mass is 32.1. The van der Waals surface area contributed by atoms with Gasteiger partial charge in [-0.25, -0.2) is 0 Å². The van der Waals surface area contributed by atoms with Crippen LogP contribution in [0.25, 0.3) is 10.2 Å². The summed E-state index contributed by atoms with van der Waals surface area (Å²) in [7, 11) is 1.24. The Morgan fingerprint density at radius 3 is 2.20 bits per heavy atom. The minimum atomic E-state index is -0.616. The molecule has 1 amide bonds. The summed E-state index contributed by atoms with van der Waals surface area (Å²) in [5.41, 5.74) is 0.582. The molecule has 35 heavy (non-hydrogen) atoms. The number of nitro groups is 1. The highest BCUT2D eigenvalue weighted by Gasteiger charge is 2.20. The second kappa shape index (κ2) is 11.5. The second-order valence-electron chi connectivity index (χ2n) is 6.97. The Hall–Kier alpha value is -3.93. The van der Waals surface area contributed by atoms with Gasteiger partial charge in [0.05, 0.1) is 42.1 Å². The molecule has 0 aliphatic carbocycles. The topological polar surface area (TPSA) is 131 Å². The molecule has 0 N–H and O–H groups in total. The summed E-state index contributed by atoms with van der Waals surface area (Å²) in [4.78, 5) is 40.3. The van der Waals surface area contributed by atoms with Crippen molar-refractivity contribution in [3.8, 4) is 17.2 Å². The van der Waals surface area contributed by atoms with Gasteiger partial charge in [-0.05, 0) is 39.0 Å². The number of nitrogens with zero attached hydrogens (tertiary/aromatic N) is 3. The van der Waals surface area contributed by atoms with E-state index in [0.29, 0.717) is 47.3 Å². The molecule has 0 atom stereocenters. The van der Waals surface area contributed by atoms with E-state index in [2.05, 4.69) is 4.99 Å². The zero-order valence-electron chi connectivity index (χ0n) is 19.7. The van der Waals surface area contributed by atoms with Crippen LogP contribution >= 0.6 is 11.3 Å². The molecule has 0 fully saturated rings. The van der Waals surface area contributed by atoms with Gasteiger partial charge < -0.3 is 23.5 Å². The zero-order valence-corrected chi connectivity index (χ0v) is 20.5. The van der Waals surface area contributed by atoms with Gasteiger partial charge in [0, 0.05) is 17.7 Å². The molecular weight excluding hydrogens is 478 g/mol. The molecular formula is C23H25N3O8S. The van der Waals surface area contributed by atoms with Gasteiger partial charge in [0.2, 0.25) is 5.75 Å². The summed E-state index contributed by atoms with van der Waals surface area (Å²) in [5, 5.41) is 11.2. The molecule has 1 heterocycles. The van der Waals surface area contributed by atoms with Crippen molar-refractivity contribution < 1.29 is 33.5 Å². The molecule has 0 aliphatic rings. The highest BCUT2D eigenvalue weighted by molar-refractivity contribution is 7.16. The first-order valence-electron chi connectivity index (χ1n) is 10.8. The molecule has 12 heteroatoms. The third kappa shape index (κ3) is 5.77. The number of amides is 1. The van der Waals surface area contributed by atoms with Crippen LogP contribution in [0, 0.1) is 10.1 Å². The molecule has 2 aromatic carbocycles. The maximum absolute atomic E-state index is 13.2. The van der Waals surface area contributed by atoms with Gasteiger partial charge in [0.1, 0.15) is 6.54 Å². The SMILES string of the molecule is CCOc1cc(C(=O)N=c2sc3cc([N+](=O)[O-])ccc3n2CC(=O)OC)cc(OCC)c1OCC. The summed E-state index contributed by atoms with van der Waals surface area (Å²) >= 11 is 1.05. The number of non-ortho nitro benzene ring substituents is 1. The molecule has 11 nitrogen and oxygen atoms in total. The minimum absolute atomic E-state index is 0.115. The van der Waals surface area contributed by atoms with Crippen molar-refractivity contribution in [2.24, 2.45) is 4.99 Å². The number of ether oxygens (including phenoxy) is 4. The minimum Gasteiger partial charge on any atom is -0.490 e. The fourth-order valence-corrected chi connectivity index (χ4v) is 4.33. The number of methoxy groups -OCH3 is 1. The number of thiazole rings is 1. The molecule has 0 radical (unpaired) electrons. The van der Waals surface area contributed by atoms with E-state index in [0.717, 1.165) is 11.3 Å². The standard InChI is InChI=1S/C23H25N3O8S/c1-5-32-17-10-14(11-18(33-6-2)21(17)34-7-3)22(28)24-23-25(13-20(27)31-4)16-9-8-15(26(29)30)12-19(16)35-23/h8-12H,5-7,13H2,1-4H3. The Morgan fingerprint density at radius 2 is 1.66 bits per heavy atom. The maximum atomic E-state index is 13.2. The normalized spacial score (nSPS) is 11.4. The summed E-state index contributed by atoms with van der Waals surface area (Å²) in [5.74, 6) is -0.103. The van der Waals surface area contributed by atoms with Gasteiger partial charge in [0.25, 0.3) is 11.6 Å². The van der Waals surface area contributed by atoms with E-state index in [4.69, 9.17) is 18.9 Å². The Kier molecular flexibility index (Phi) is 8.42. The Labute approximate surface area is 204 Å². The van der Waals surface area contributed by atoms with Crippen LogP contribution in [0.1, 0.15) is 31.1 Å². The monoisotopic (exact) mass is 503 g/mol. The smallest absolute Gasteiger partial charge is 0.325 e. The van der Waals surface area contributed by atoms with Crippen molar-refractivity contribution in [1.82, 2.24) is 4.57 Å². The van der Waals surface area contributed by atoms with Crippen molar-refractivity contribution in [3.63, 3.8) is 0 Å². The van der Waals surface area contributed by atoms with Crippen molar-refractivity contribution >= 4 is 39.1 Å². The molecule has 3 rings (SSSR count). The van der Waals surface area contributed by atoms with E-state index >= 15 is 0 Å². The average molecular weight is 504 g/mol. The highest BCUT2D eigenvalue weighted by Crippen LogP contribution is 2.39. The van der Waals surface area contributed by atoms with Gasteiger partial charge in [-0.15, -0.1) is 0 Å². The summed E-state index contributed by atoms with van der Waals surface area (Å²) in [6.07, 6.45) is 0. The molecule has 0 saturated carbocycles. The van der Waals surface area contributed by atoms with E-state index < -0.39 is 16.8 Å². The number of carbonyl (C=O) groups is 2. The largest absolute Gasteiger partial charge is 0.490 e. The number of fused-ring (bicyclic) bond motifs is 1. The molecule has 0 aliphatic heterocycles. The number of hydrogen-bond donors (Lipinski definition) is 0. The van der Waals surface area contributed by atoms with Crippen molar-refractivity contribution in [2.45, 2.75) is 27.3 Å². The number of esters is 1. The first-order chi connectivity index (χ1) is 16.8. The lowest BCUT2D eigenvalue weighted by atomic mass is 10.1. The van der Waals surface area contributed by atoms with Gasteiger partial charge in [-0.2, -0.15) is 4.99 Å². The summed E-state index contributed by atoms with van der Waals surface area (Å²) in [6, 6.07) is 7.24. The van der Waals surface area contributed by atoms with E-state index in [-0.39, 0.29) is 22.6 Å². The first-order valence-corrected chi connectivity index (χ1v) is 11.6. The van der Waals surface area contributed by atoms with E-state index in [9.17, 15) is 19.7 Å². The predicted octanol–water partition coefficient (Wildman–Crippen LogP) is 3.72. The molecule has 3 aromatic rings. The number of aromatic nitrogens is 1. The quantitative estimate of drug-likeness (QED) is 0.232. The summed E-state index contributed by atoms with van der Waals surface area (Å²) in [6.45, 7) is 6.27. The molecule has 186 valence electrons. The number of nitro benzene ring substituents is 1. The van der Waals surface area contributed by atoms with Gasteiger partial charge in [-0.1, -0.05) is 11.3 Å². The van der Waals surface area contributed by atoms with Gasteiger partial charge in [0.15, 0.2) is 16.3 Å². The van der Waals surface area contributed by atoms with E-state index in [1.807, 2.05) is 6.92 Å². The average Bonchev–Trinajstić information content (AvgIpc) is 3.16. The summed E-state index contributed by atoms with van der Waals surface area (Å²) < 4.78 is 23.7. The number of benzene rings is 2. The third-order valence-corrected chi connectivity index (χ3v) is 5.79. The lowest BCUT2D eigenvalue weighted by Crippen LogP contribution is -2.22. The number of rotatable bonds is 10. The molecule has 0 saturated heterocycles. The lowest BCUT2D eigenvalue weighted by molar-refractivity contribution is -0.384. The first kappa shape index (κ1) is 25.7. The van der Waals surface area contributed by atoms with Crippen LogP contribution in [0.5, 0.6) is 17.2 Å². The third-order valence-electron chi connectivity index (χ3n) is 4.75. The van der Waals surface area contributed by atoms with Gasteiger partial charge >= 0.3 is 5.97 Å². The molecule has 0 spiro atoms. The molecule has 1 aromatic heterocycles. The second-order valence-corrected chi connectivity index (χ2v) is 7.98. The Morgan fingerprint density at radius 1 is 1.03 bits per heavy atom. The van der Waals surface area contributed by atoms with Crippen LogP contribution < -0.4 is 19.0 Å². The van der Waals surface area contributed by atoms with Crippen molar-refractivity contribution in [2.75, 3.05) is 26.9 Å². The molecule has 0 unspecified atom stereocenters. The van der Waals surface area contributed by atoms with Crippen molar-refractivity contribution in [1.29, 1.82) is 0 Å². The maximum Gasteiger partial charge on any atom is 0.325 e. The lowest BCUT2D eigenvalue weighted by Gasteiger charge is -2.16. The van der Waals surface area contributed by atoms with Crippen LogP contribution in [0.3, 0.4) is 0 Å². The van der Waals surface area contributed by atoms with Crippen molar-refractivity contribution in [3.05, 3.63) is 50.8 Å². The van der Waals surface area contributed by atoms with E-state index in [1.165, 1.54) is 42.0 Å². The Balaban J connectivity index is 2.17. The van der Waals surface area contributed by atoms with Crippen LogP contribution in [0.2, 0.25) is 0 Å². The van der Waals surface area contributed by atoms with Crippen LogP contribution in [0.4, 0.5) is 5.69 Å². The Bertz CT molecular complexity index is 1300. The van der Waals surface area contributed by atoms with E-state index in [1.54, 1.807) is 13.8 Å². The van der Waals surface area contributed by atoms with Gasteiger partial charge in [-0.3, -0.25) is 19.7 Å². The fourth-order valence-electron chi connectivity index (χ4n) is 3.27. The van der Waals surface area contributed by atoms with Crippen LogP contribution in [-0.4, -0.2) is 48.3 Å². The molecule has 0 bridgehead atoms. The predicted molar refractivity (Wildman–Crippen MR) is 128 cm³/mol. The number of carbonyl (C=O) groups excluding carboxylic acids is 2. The zero-order chi connectivity index (χ0) is 25.5. The van der Waals surface area contributed by atoms with Crippen LogP contribution in [0.15, 0.2) is 35.3 Å². The van der Waals surface area contributed by atoms with Crippen LogP contribution in [-0.2, 0) is 16.1 Å². The fraction of sp³-hybridized carbons (Fsp3) is 0.348. The number of hydrogen-bond acceptors (Lipinski definition) is 9.